The van der Waals surface area contributed by atoms with E-state index in [1.807, 2.05) is 26.8 Å². The predicted molar refractivity (Wildman–Crippen MR) is 58.3 cm³/mol. The molecular formula is C12H16F2O2. The molecule has 0 N–H and O–H groups in total. The molecule has 0 aliphatic rings. The van der Waals surface area contributed by atoms with Gasteiger partial charge >= 0.3 is 0 Å². The zero-order chi connectivity index (χ0) is 12.2. The largest absolute Gasteiger partial charge is 0.459 e. The van der Waals surface area contributed by atoms with E-state index >= 15 is 0 Å². The van der Waals surface area contributed by atoms with Crippen LogP contribution in [-0.4, -0.2) is 13.7 Å². The Morgan fingerprint density at radius 2 is 1.56 bits per heavy atom. The maximum Gasteiger partial charge on any atom is 0.228 e. The van der Waals surface area contributed by atoms with E-state index < -0.39 is 13.7 Å². The highest BCUT2D eigenvalue weighted by Gasteiger charge is 2.16. The van der Waals surface area contributed by atoms with Gasteiger partial charge in [-0.15, -0.1) is 0 Å². The molecule has 1 aromatic rings. The fourth-order valence-electron chi connectivity index (χ4n) is 1.32. The van der Waals surface area contributed by atoms with Crippen LogP contribution in [0.15, 0.2) is 18.2 Å². The van der Waals surface area contributed by atoms with Gasteiger partial charge in [-0.2, -0.15) is 0 Å². The average Bonchev–Trinajstić information content (AvgIpc) is 2.19. The zero-order valence-electron chi connectivity index (χ0n) is 9.72. The summed E-state index contributed by atoms with van der Waals surface area (Å²) in [6.45, 7) is 4.15. The Kier molecular flexibility index (Phi) is 4.10. The fraction of sp³-hybridized carbons (Fsp3) is 0.500. The summed E-state index contributed by atoms with van der Waals surface area (Å²) in [5, 5.41) is 0. The Labute approximate surface area is 94.2 Å². The molecule has 1 aromatic carbocycles. The Hall–Kier alpha value is -1.32. The average molecular weight is 230 g/mol. The SMILES string of the molecule is CC(C)(C)c1ccc(OCF)c(OCF)c1. The summed E-state index contributed by atoms with van der Waals surface area (Å²) in [4.78, 5) is 0. The minimum Gasteiger partial charge on any atom is -0.459 e. The zero-order valence-corrected chi connectivity index (χ0v) is 9.72. The van der Waals surface area contributed by atoms with E-state index in [0.717, 1.165) is 5.56 Å². The molecule has 90 valence electrons. The maximum atomic E-state index is 12.2. The molecule has 0 atom stereocenters. The maximum absolute atomic E-state index is 12.2. The number of halogens is 2. The summed E-state index contributed by atoms with van der Waals surface area (Å²) in [5.41, 5.74) is 0.894. The monoisotopic (exact) mass is 230 g/mol. The first kappa shape index (κ1) is 12.7. The smallest absolute Gasteiger partial charge is 0.228 e. The number of benzene rings is 1. The van der Waals surface area contributed by atoms with E-state index in [0.29, 0.717) is 0 Å². The highest BCUT2D eigenvalue weighted by molar-refractivity contribution is 5.44. The third-order valence-electron chi connectivity index (χ3n) is 2.23. The molecule has 0 aromatic heterocycles. The molecule has 0 saturated carbocycles. The van der Waals surface area contributed by atoms with Crippen molar-refractivity contribution >= 4 is 0 Å². The summed E-state index contributed by atoms with van der Waals surface area (Å²) in [6.07, 6.45) is 0. The van der Waals surface area contributed by atoms with Crippen LogP contribution in [0.2, 0.25) is 0 Å². The lowest BCUT2D eigenvalue weighted by Crippen LogP contribution is -2.11. The van der Waals surface area contributed by atoms with Gasteiger partial charge in [0.05, 0.1) is 0 Å². The Morgan fingerprint density at radius 3 is 2.06 bits per heavy atom. The Morgan fingerprint density at radius 1 is 1.00 bits per heavy atom. The fourth-order valence-corrected chi connectivity index (χ4v) is 1.32. The van der Waals surface area contributed by atoms with Crippen molar-refractivity contribution < 1.29 is 18.3 Å². The van der Waals surface area contributed by atoms with Gasteiger partial charge in [-0.1, -0.05) is 26.8 Å². The Bertz CT molecular complexity index is 345. The number of hydrogen-bond acceptors (Lipinski definition) is 2. The standard InChI is InChI=1S/C12H16F2O2/c1-12(2,3)9-4-5-10(15-7-13)11(6-9)16-8-14/h4-6H,7-8H2,1-3H3. The van der Waals surface area contributed by atoms with Gasteiger partial charge in [0.25, 0.3) is 0 Å². The molecule has 0 heterocycles. The molecule has 0 spiro atoms. The second kappa shape index (κ2) is 5.14. The summed E-state index contributed by atoms with van der Waals surface area (Å²) in [6, 6.07) is 5.08. The third kappa shape index (κ3) is 3.08. The lowest BCUT2D eigenvalue weighted by atomic mass is 9.87. The van der Waals surface area contributed by atoms with Crippen molar-refractivity contribution in [3.05, 3.63) is 23.8 Å². The summed E-state index contributed by atoms with van der Waals surface area (Å²) in [5.74, 6) is 0.445. The van der Waals surface area contributed by atoms with Crippen LogP contribution in [0, 0.1) is 0 Å². The lowest BCUT2D eigenvalue weighted by molar-refractivity contribution is 0.157. The molecule has 1 rings (SSSR count). The number of rotatable bonds is 4. The molecule has 0 fully saturated rings. The Balaban J connectivity index is 3.06. The topological polar surface area (TPSA) is 18.5 Å². The van der Waals surface area contributed by atoms with Crippen LogP contribution in [0.1, 0.15) is 26.3 Å². The molecule has 4 heteroatoms. The van der Waals surface area contributed by atoms with Gasteiger partial charge < -0.3 is 9.47 Å². The summed E-state index contributed by atoms with van der Waals surface area (Å²) in [7, 11) is 0. The van der Waals surface area contributed by atoms with E-state index in [-0.39, 0.29) is 16.9 Å². The van der Waals surface area contributed by atoms with Crippen LogP contribution in [-0.2, 0) is 5.41 Å². The molecule has 16 heavy (non-hydrogen) atoms. The molecule has 0 bridgehead atoms. The van der Waals surface area contributed by atoms with Gasteiger partial charge in [-0.25, -0.2) is 8.78 Å². The predicted octanol–water partition coefficient (Wildman–Crippen LogP) is 3.60. The molecule has 0 unspecified atom stereocenters. The number of alkyl halides is 2. The minimum atomic E-state index is -0.962. The van der Waals surface area contributed by atoms with Crippen LogP contribution in [0.3, 0.4) is 0 Å². The van der Waals surface area contributed by atoms with Gasteiger partial charge in [0, 0.05) is 0 Å². The second-order valence-electron chi connectivity index (χ2n) is 4.42. The van der Waals surface area contributed by atoms with Gasteiger partial charge in [-0.3, -0.25) is 0 Å². The van der Waals surface area contributed by atoms with Crippen LogP contribution in [0.5, 0.6) is 11.5 Å². The minimum absolute atomic E-state index is 0.0807. The van der Waals surface area contributed by atoms with Crippen molar-refractivity contribution in [2.24, 2.45) is 0 Å². The molecular weight excluding hydrogens is 214 g/mol. The number of ether oxygens (including phenoxy) is 2. The van der Waals surface area contributed by atoms with Crippen LogP contribution in [0.4, 0.5) is 8.78 Å². The van der Waals surface area contributed by atoms with E-state index in [4.69, 9.17) is 9.47 Å². The van der Waals surface area contributed by atoms with Crippen molar-refractivity contribution in [1.29, 1.82) is 0 Å². The van der Waals surface area contributed by atoms with Gasteiger partial charge in [0.1, 0.15) is 0 Å². The van der Waals surface area contributed by atoms with Crippen molar-refractivity contribution in [2.75, 3.05) is 13.7 Å². The highest BCUT2D eigenvalue weighted by atomic mass is 19.1. The number of hydrogen-bond donors (Lipinski definition) is 0. The first-order valence-corrected chi connectivity index (χ1v) is 5.01. The van der Waals surface area contributed by atoms with Gasteiger partial charge in [0.2, 0.25) is 13.7 Å². The van der Waals surface area contributed by atoms with Crippen LogP contribution in [0.25, 0.3) is 0 Å². The molecule has 0 aliphatic heterocycles. The first-order valence-electron chi connectivity index (χ1n) is 5.01. The third-order valence-corrected chi connectivity index (χ3v) is 2.23. The van der Waals surface area contributed by atoms with E-state index in [1.54, 1.807) is 12.1 Å². The molecule has 2 nitrogen and oxygen atoms in total. The highest BCUT2D eigenvalue weighted by Crippen LogP contribution is 2.33. The quantitative estimate of drug-likeness (QED) is 0.786. The molecule has 0 radical (unpaired) electrons. The van der Waals surface area contributed by atoms with Crippen LogP contribution < -0.4 is 9.47 Å². The summed E-state index contributed by atoms with van der Waals surface area (Å²) >= 11 is 0. The summed E-state index contributed by atoms with van der Waals surface area (Å²) < 4.78 is 33.7. The van der Waals surface area contributed by atoms with Gasteiger partial charge in [-0.05, 0) is 23.1 Å². The van der Waals surface area contributed by atoms with Crippen molar-refractivity contribution in [3.8, 4) is 11.5 Å². The molecule has 0 aliphatic carbocycles. The van der Waals surface area contributed by atoms with Crippen molar-refractivity contribution in [2.45, 2.75) is 26.2 Å². The van der Waals surface area contributed by atoms with E-state index in [9.17, 15) is 8.78 Å². The van der Waals surface area contributed by atoms with E-state index in [2.05, 4.69) is 0 Å². The second-order valence-corrected chi connectivity index (χ2v) is 4.42. The van der Waals surface area contributed by atoms with Crippen molar-refractivity contribution in [3.63, 3.8) is 0 Å². The normalized spacial score (nSPS) is 11.3. The van der Waals surface area contributed by atoms with E-state index in [1.165, 1.54) is 0 Å². The van der Waals surface area contributed by atoms with Crippen LogP contribution >= 0.6 is 0 Å². The lowest BCUT2D eigenvalue weighted by Gasteiger charge is -2.20. The first-order chi connectivity index (χ1) is 7.49. The molecule has 0 saturated heterocycles. The van der Waals surface area contributed by atoms with Gasteiger partial charge in [0.15, 0.2) is 11.5 Å². The molecule has 0 amide bonds. The van der Waals surface area contributed by atoms with Crippen molar-refractivity contribution in [1.82, 2.24) is 0 Å².